The molecule has 1 fully saturated rings. The SMILES string of the molecule is N#CC1(n2ccc(N)nc2=O)OC(COC(=O)Cc2ccccc2)C(OC(=O)Cc2ccccc2)C1OC(=O)Cc1ccccc1. The van der Waals surface area contributed by atoms with Gasteiger partial charge in [-0.15, -0.1) is 0 Å². The Balaban J connectivity index is 1.49. The number of carbonyl (C=O) groups excluding carboxylic acids is 3. The average Bonchev–Trinajstić information content (AvgIpc) is 3.33. The van der Waals surface area contributed by atoms with Crippen LogP contribution in [-0.4, -0.2) is 52.4 Å². The van der Waals surface area contributed by atoms with Crippen molar-refractivity contribution in [2.24, 2.45) is 0 Å². The predicted molar refractivity (Wildman–Crippen MR) is 163 cm³/mol. The molecule has 3 aromatic carbocycles. The van der Waals surface area contributed by atoms with Gasteiger partial charge in [0.15, 0.2) is 6.10 Å². The van der Waals surface area contributed by atoms with Crippen molar-refractivity contribution < 1.29 is 33.3 Å². The lowest BCUT2D eigenvalue weighted by Gasteiger charge is -2.30. The number of nitrogen functional groups attached to an aromatic ring is 1. The second-order valence-corrected chi connectivity index (χ2v) is 10.5. The Hall–Kier alpha value is -5.80. The third kappa shape index (κ3) is 7.46. The van der Waals surface area contributed by atoms with Crippen molar-refractivity contribution in [3.63, 3.8) is 0 Å². The highest BCUT2D eigenvalue weighted by Gasteiger charge is 2.62. The van der Waals surface area contributed by atoms with E-state index in [1.807, 2.05) is 12.1 Å². The monoisotopic (exact) mass is 622 g/mol. The number of nitriles is 1. The number of hydrogen-bond donors (Lipinski definition) is 1. The largest absolute Gasteiger partial charge is 0.463 e. The summed E-state index contributed by atoms with van der Waals surface area (Å²) in [6.07, 6.45) is -3.76. The fourth-order valence-corrected chi connectivity index (χ4v) is 5.09. The summed E-state index contributed by atoms with van der Waals surface area (Å²) < 4.78 is 24.1. The Morgan fingerprint density at radius 2 is 1.30 bits per heavy atom. The molecule has 0 spiro atoms. The molecule has 0 radical (unpaired) electrons. The summed E-state index contributed by atoms with van der Waals surface area (Å²) in [5.41, 5.74) is 4.28. The number of aromatic nitrogens is 2. The molecule has 0 amide bonds. The van der Waals surface area contributed by atoms with Crippen LogP contribution in [0.1, 0.15) is 16.7 Å². The standard InChI is InChI=1S/C34H30N4O8/c35-22-34(38-17-16-27(36)37-33(38)42)32(45-30(41)20-25-14-8-3-9-15-25)31(44-29(40)19-24-12-6-2-7-13-24)26(46-34)21-43-28(39)18-23-10-4-1-5-11-23/h1-17,26,31-32H,18-21H2,(H2,36,37,42). The lowest BCUT2D eigenvalue weighted by Crippen LogP contribution is -2.52. The number of anilines is 1. The maximum atomic E-state index is 13.3. The highest BCUT2D eigenvalue weighted by Crippen LogP contribution is 2.39. The second kappa shape index (κ2) is 14.3. The van der Waals surface area contributed by atoms with Crippen molar-refractivity contribution in [3.05, 3.63) is 130 Å². The van der Waals surface area contributed by atoms with Crippen molar-refractivity contribution in [1.29, 1.82) is 5.26 Å². The number of benzene rings is 3. The molecule has 2 N–H and O–H groups in total. The minimum atomic E-state index is -2.38. The maximum absolute atomic E-state index is 13.3. The zero-order valence-electron chi connectivity index (χ0n) is 24.6. The van der Waals surface area contributed by atoms with E-state index in [0.717, 1.165) is 4.57 Å². The molecular weight excluding hydrogens is 592 g/mol. The Labute approximate surface area is 263 Å². The van der Waals surface area contributed by atoms with Crippen LogP contribution >= 0.6 is 0 Å². The fourth-order valence-electron chi connectivity index (χ4n) is 5.09. The first-order valence-electron chi connectivity index (χ1n) is 14.4. The molecule has 1 aliphatic rings. The Bertz CT molecular complexity index is 1780. The van der Waals surface area contributed by atoms with Gasteiger partial charge >= 0.3 is 23.6 Å². The van der Waals surface area contributed by atoms with Crippen molar-refractivity contribution in [3.8, 4) is 6.07 Å². The molecule has 46 heavy (non-hydrogen) atoms. The minimum absolute atomic E-state index is 0.0632. The van der Waals surface area contributed by atoms with Gasteiger partial charge in [0.1, 0.15) is 24.6 Å². The van der Waals surface area contributed by atoms with E-state index in [-0.39, 0.29) is 25.1 Å². The summed E-state index contributed by atoms with van der Waals surface area (Å²) in [6, 6.07) is 29.5. The summed E-state index contributed by atoms with van der Waals surface area (Å²) in [5.74, 6) is -2.27. The average molecular weight is 623 g/mol. The summed E-state index contributed by atoms with van der Waals surface area (Å²) >= 11 is 0. The van der Waals surface area contributed by atoms with Gasteiger partial charge in [-0.2, -0.15) is 10.2 Å². The lowest BCUT2D eigenvalue weighted by atomic mass is 10.0. The van der Waals surface area contributed by atoms with Crippen LogP contribution in [0.3, 0.4) is 0 Å². The van der Waals surface area contributed by atoms with E-state index in [4.69, 9.17) is 24.7 Å². The Kier molecular flexibility index (Phi) is 9.84. The van der Waals surface area contributed by atoms with Crippen LogP contribution < -0.4 is 11.4 Å². The third-order valence-electron chi connectivity index (χ3n) is 7.23. The van der Waals surface area contributed by atoms with E-state index in [2.05, 4.69) is 4.98 Å². The van der Waals surface area contributed by atoms with Gasteiger partial charge < -0.3 is 24.7 Å². The van der Waals surface area contributed by atoms with Crippen molar-refractivity contribution >= 4 is 23.7 Å². The molecule has 1 aromatic heterocycles. The molecule has 4 aromatic rings. The number of carbonyl (C=O) groups is 3. The molecule has 4 atom stereocenters. The predicted octanol–water partition coefficient (Wildman–Crippen LogP) is 2.50. The Morgan fingerprint density at radius 1 is 0.804 bits per heavy atom. The molecule has 2 heterocycles. The van der Waals surface area contributed by atoms with Crippen LogP contribution in [0.15, 0.2) is 108 Å². The zero-order chi connectivity index (χ0) is 32.5. The first kappa shape index (κ1) is 31.6. The van der Waals surface area contributed by atoms with Crippen LogP contribution in [0.4, 0.5) is 5.82 Å². The number of ether oxygens (including phenoxy) is 4. The van der Waals surface area contributed by atoms with Gasteiger partial charge in [-0.05, 0) is 22.8 Å². The van der Waals surface area contributed by atoms with Gasteiger partial charge in [0, 0.05) is 6.20 Å². The van der Waals surface area contributed by atoms with Gasteiger partial charge in [-0.1, -0.05) is 91.0 Å². The van der Waals surface area contributed by atoms with E-state index in [9.17, 15) is 24.4 Å². The summed E-state index contributed by atoms with van der Waals surface area (Å²) in [5, 5.41) is 10.6. The van der Waals surface area contributed by atoms with Crippen LogP contribution in [-0.2, 0) is 58.3 Å². The first-order chi connectivity index (χ1) is 22.3. The van der Waals surface area contributed by atoms with Crippen LogP contribution in [0, 0.1) is 11.3 Å². The van der Waals surface area contributed by atoms with E-state index in [1.165, 1.54) is 12.3 Å². The molecule has 5 rings (SSSR count). The third-order valence-corrected chi connectivity index (χ3v) is 7.23. The van der Waals surface area contributed by atoms with Crippen LogP contribution in [0.25, 0.3) is 0 Å². The van der Waals surface area contributed by atoms with E-state index in [1.54, 1.807) is 84.9 Å². The summed E-state index contributed by atoms with van der Waals surface area (Å²) in [4.78, 5) is 56.1. The van der Waals surface area contributed by atoms with Gasteiger partial charge in [0.05, 0.1) is 19.3 Å². The first-order valence-corrected chi connectivity index (χ1v) is 14.4. The molecule has 1 saturated heterocycles. The van der Waals surface area contributed by atoms with E-state index < -0.39 is 54.2 Å². The van der Waals surface area contributed by atoms with Crippen molar-refractivity contribution in [2.45, 2.75) is 43.3 Å². The quantitative estimate of drug-likeness (QED) is 0.192. The highest BCUT2D eigenvalue weighted by molar-refractivity contribution is 5.74. The number of hydrogen-bond acceptors (Lipinski definition) is 11. The molecule has 1 aliphatic heterocycles. The van der Waals surface area contributed by atoms with Crippen LogP contribution in [0.5, 0.6) is 0 Å². The van der Waals surface area contributed by atoms with E-state index in [0.29, 0.717) is 16.7 Å². The molecular formula is C34H30N4O8. The molecule has 4 unspecified atom stereocenters. The highest BCUT2D eigenvalue weighted by atomic mass is 16.7. The number of esters is 3. The summed E-state index contributed by atoms with van der Waals surface area (Å²) in [7, 11) is 0. The summed E-state index contributed by atoms with van der Waals surface area (Å²) in [6.45, 7) is -0.498. The molecule has 12 nitrogen and oxygen atoms in total. The molecule has 0 saturated carbocycles. The van der Waals surface area contributed by atoms with Crippen molar-refractivity contribution in [2.75, 3.05) is 12.3 Å². The van der Waals surface area contributed by atoms with Crippen LogP contribution in [0.2, 0.25) is 0 Å². The zero-order valence-corrected chi connectivity index (χ0v) is 24.6. The van der Waals surface area contributed by atoms with Crippen molar-refractivity contribution in [1.82, 2.24) is 9.55 Å². The number of rotatable bonds is 11. The number of nitrogens with zero attached hydrogens (tertiary/aromatic N) is 3. The number of nitrogens with two attached hydrogens (primary N) is 1. The molecule has 0 aliphatic carbocycles. The smallest absolute Gasteiger partial charge is 0.352 e. The minimum Gasteiger partial charge on any atom is -0.463 e. The van der Waals surface area contributed by atoms with Gasteiger partial charge in [0.2, 0.25) is 6.10 Å². The van der Waals surface area contributed by atoms with Gasteiger partial charge in [-0.25, -0.2) is 4.79 Å². The van der Waals surface area contributed by atoms with E-state index >= 15 is 0 Å². The van der Waals surface area contributed by atoms with Gasteiger partial charge in [-0.3, -0.25) is 19.0 Å². The molecule has 12 heteroatoms. The molecule has 0 bridgehead atoms. The fraction of sp³-hybridized carbons (Fsp3) is 0.235. The maximum Gasteiger partial charge on any atom is 0.352 e. The topological polar surface area (TPSA) is 173 Å². The molecule has 234 valence electrons. The lowest BCUT2D eigenvalue weighted by molar-refractivity contribution is -0.172. The van der Waals surface area contributed by atoms with Gasteiger partial charge in [0.25, 0.3) is 5.72 Å². The normalized spacial score (nSPS) is 20.3. The Morgan fingerprint density at radius 3 is 1.80 bits per heavy atom. The second-order valence-electron chi connectivity index (χ2n) is 10.5.